The topological polar surface area (TPSA) is 61.3 Å². The lowest BCUT2D eigenvalue weighted by atomic mass is 9.77. The van der Waals surface area contributed by atoms with Gasteiger partial charge in [0.15, 0.2) is 0 Å². The quantitative estimate of drug-likeness (QED) is 0.442. The minimum absolute atomic E-state index is 0.618. The Bertz CT molecular complexity index is 668. The van der Waals surface area contributed by atoms with Gasteiger partial charge in [0.1, 0.15) is 11.5 Å². The molecule has 0 saturated heterocycles. The number of nitrogen functional groups attached to an aromatic ring is 2. The summed E-state index contributed by atoms with van der Waals surface area (Å²) in [7, 11) is 0. The van der Waals surface area contributed by atoms with Crippen molar-refractivity contribution in [1.29, 1.82) is 0 Å². The van der Waals surface area contributed by atoms with Crippen molar-refractivity contribution in [3.63, 3.8) is 0 Å². The number of hydrogen-bond acceptors (Lipinski definition) is 3. The Morgan fingerprint density at radius 3 is 2.12 bits per heavy atom. The number of rotatable bonds is 7. The molecule has 3 heteroatoms. The molecule has 0 aliphatic heterocycles. The summed E-state index contributed by atoms with van der Waals surface area (Å²) in [5, 5.41) is 0. The van der Waals surface area contributed by atoms with Gasteiger partial charge in [0.05, 0.1) is 0 Å². The molecule has 26 heavy (non-hydrogen) atoms. The highest BCUT2D eigenvalue weighted by molar-refractivity contribution is 5.57. The number of unbranched alkanes of at least 4 members (excludes halogenated alkanes) is 2. The SMILES string of the molecule is CCCCCC1CCC(c2ccc(Oc3cc(N)cc(N)c3)cc2)CC1. The first-order chi connectivity index (χ1) is 12.6. The molecule has 4 N–H and O–H groups in total. The van der Waals surface area contributed by atoms with Crippen LogP contribution in [-0.4, -0.2) is 0 Å². The molecule has 3 nitrogen and oxygen atoms in total. The van der Waals surface area contributed by atoms with Gasteiger partial charge in [-0.25, -0.2) is 0 Å². The number of hydrogen-bond donors (Lipinski definition) is 2. The lowest BCUT2D eigenvalue weighted by molar-refractivity contribution is 0.302. The molecule has 1 saturated carbocycles. The molecule has 0 amide bonds. The van der Waals surface area contributed by atoms with Gasteiger partial charge in [0, 0.05) is 23.5 Å². The standard InChI is InChI=1S/C23H32N2O/c1-2-3-4-5-17-6-8-18(9-7-17)19-10-12-22(13-11-19)26-23-15-20(24)14-21(25)16-23/h10-18H,2-9,24-25H2,1H3. The van der Waals surface area contributed by atoms with Crippen molar-refractivity contribution in [3.8, 4) is 11.5 Å². The molecular formula is C23H32N2O. The van der Waals surface area contributed by atoms with E-state index in [0.29, 0.717) is 23.0 Å². The van der Waals surface area contributed by atoms with Gasteiger partial charge >= 0.3 is 0 Å². The monoisotopic (exact) mass is 352 g/mol. The largest absolute Gasteiger partial charge is 0.457 e. The average molecular weight is 353 g/mol. The van der Waals surface area contributed by atoms with Crippen LogP contribution < -0.4 is 16.2 Å². The molecule has 0 heterocycles. The molecule has 2 aromatic carbocycles. The van der Waals surface area contributed by atoms with Crippen molar-refractivity contribution < 1.29 is 4.74 Å². The second-order valence-corrected chi connectivity index (χ2v) is 7.72. The molecule has 1 aliphatic carbocycles. The Labute approximate surface area is 157 Å². The molecule has 2 aromatic rings. The maximum Gasteiger partial charge on any atom is 0.131 e. The summed E-state index contributed by atoms with van der Waals surface area (Å²) in [6.45, 7) is 2.28. The van der Waals surface area contributed by atoms with Crippen molar-refractivity contribution >= 4 is 11.4 Å². The molecule has 0 aromatic heterocycles. The summed E-state index contributed by atoms with van der Waals surface area (Å²) in [5.74, 6) is 3.17. The first kappa shape index (κ1) is 18.6. The minimum Gasteiger partial charge on any atom is -0.457 e. The molecule has 0 unspecified atom stereocenters. The van der Waals surface area contributed by atoms with E-state index in [0.717, 1.165) is 11.7 Å². The summed E-state index contributed by atoms with van der Waals surface area (Å²) in [6.07, 6.45) is 11.0. The molecule has 1 aliphatic rings. The summed E-state index contributed by atoms with van der Waals surface area (Å²) < 4.78 is 5.89. The number of benzene rings is 2. The van der Waals surface area contributed by atoms with Crippen molar-refractivity contribution in [3.05, 3.63) is 48.0 Å². The van der Waals surface area contributed by atoms with Gasteiger partial charge in [-0.15, -0.1) is 0 Å². The van der Waals surface area contributed by atoms with E-state index in [1.54, 1.807) is 18.2 Å². The van der Waals surface area contributed by atoms with Crippen molar-refractivity contribution in [2.24, 2.45) is 5.92 Å². The highest BCUT2D eigenvalue weighted by atomic mass is 16.5. The normalized spacial score (nSPS) is 20.0. The maximum atomic E-state index is 5.89. The Morgan fingerprint density at radius 2 is 1.50 bits per heavy atom. The van der Waals surface area contributed by atoms with Crippen LogP contribution in [0.3, 0.4) is 0 Å². The summed E-state index contributed by atoms with van der Waals surface area (Å²) in [5.41, 5.74) is 14.3. The van der Waals surface area contributed by atoms with Crippen molar-refractivity contribution in [2.75, 3.05) is 11.5 Å². The maximum absolute atomic E-state index is 5.89. The summed E-state index contributed by atoms with van der Waals surface area (Å²) in [4.78, 5) is 0. The fourth-order valence-electron chi connectivity index (χ4n) is 4.12. The predicted molar refractivity (Wildman–Crippen MR) is 111 cm³/mol. The number of anilines is 2. The van der Waals surface area contributed by atoms with E-state index in [9.17, 15) is 0 Å². The highest BCUT2D eigenvalue weighted by Gasteiger charge is 2.22. The Morgan fingerprint density at radius 1 is 0.846 bits per heavy atom. The number of nitrogens with two attached hydrogens (primary N) is 2. The van der Waals surface area contributed by atoms with Crippen LogP contribution >= 0.6 is 0 Å². The third-order valence-corrected chi connectivity index (χ3v) is 5.60. The van der Waals surface area contributed by atoms with Gasteiger partial charge in [-0.2, -0.15) is 0 Å². The average Bonchev–Trinajstić information content (AvgIpc) is 2.62. The Kier molecular flexibility index (Phi) is 6.43. The zero-order valence-electron chi connectivity index (χ0n) is 15.9. The van der Waals surface area contributed by atoms with E-state index in [1.807, 2.05) is 0 Å². The van der Waals surface area contributed by atoms with Crippen LogP contribution in [0.1, 0.15) is 69.8 Å². The van der Waals surface area contributed by atoms with Crippen LogP contribution in [0.25, 0.3) is 0 Å². The smallest absolute Gasteiger partial charge is 0.131 e. The Balaban J connectivity index is 1.53. The summed E-state index contributed by atoms with van der Waals surface area (Å²) >= 11 is 0. The second kappa shape index (κ2) is 8.98. The van der Waals surface area contributed by atoms with Crippen LogP contribution in [0, 0.1) is 5.92 Å². The lowest BCUT2D eigenvalue weighted by Crippen LogP contribution is -2.13. The molecule has 0 bridgehead atoms. The fraction of sp³-hybridized carbons (Fsp3) is 0.478. The molecule has 0 atom stereocenters. The van der Waals surface area contributed by atoms with Crippen LogP contribution in [0.5, 0.6) is 11.5 Å². The zero-order valence-corrected chi connectivity index (χ0v) is 15.9. The van der Waals surface area contributed by atoms with E-state index < -0.39 is 0 Å². The van der Waals surface area contributed by atoms with Gasteiger partial charge in [0.2, 0.25) is 0 Å². The van der Waals surface area contributed by atoms with Crippen molar-refractivity contribution in [2.45, 2.75) is 64.2 Å². The zero-order chi connectivity index (χ0) is 18.4. The van der Waals surface area contributed by atoms with E-state index in [-0.39, 0.29) is 0 Å². The molecule has 0 radical (unpaired) electrons. The van der Waals surface area contributed by atoms with Crippen LogP contribution in [-0.2, 0) is 0 Å². The molecule has 0 spiro atoms. The third-order valence-electron chi connectivity index (χ3n) is 5.60. The first-order valence-electron chi connectivity index (χ1n) is 10.1. The second-order valence-electron chi connectivity index (χ2n) is 7.72. The van der Waals surface area contributed by atoms with Crippen LogP contribution in [0.15, 0.2) is 42.5 Å². The van der Waals surface area contributed by atoms with Crippen LogP contribution in [0.2, 0.25) is 0 Å². The summed E-state index contributed by atoms with van der Waals surface area (Å²) in [6, 6.07) is 13.9. The van der Waals surface area contributed by atoms with Gasteiger partial charge in [-0.3, -0.25) is 0 Å². The molecular weight excluding hydrogens is 320 g/mol. The minimum atomic E-state index is 0.618. The van der Waals surface area contributed by atoms with Gasteiger partial charge < -0.3 is 16.2 Å². The highest BCUT2D eigenvalue weighted by Crippen LogP contribution is 2.38. The third kappa shape index (κ3) is 5.17. The van der Waals surface area contributed by atoms with Gasteiger partial charge in [-0.05, 0) is 61.3 Å². The van der Waals surface area contributed by atoms with Gasteiger partial charge in [-0.1, -0.05) is 44.7 Å². The Hall–Kier alpha value is -2.16. The lowest BCUT2D eigenvalue weighted by Gasteiger charge is -2.29. The molecule has 3 rings (SSSR count). The first-order valence-corrected chi connectivity index (χ1v) is 10.1. The molecule has 140 valence electrons. The van der Waals surface area contributed by atoms with Crippen molar-refractivity contribution in [1.82, 2.24) is 0 Å². The number of ether oxygens (including phenoxy) is 1. The van der Waals surface area contributed by atoms with E-state index in [2.05, 4.69) is 31.2 Å². The van der Waals surface area contributed by atoms with E-state index in [4.69, 9.17) is 16.2 Å². The fourth-order valence-corrected chi connectivity index (χ4v) is 4.12. The van der Waals surface area contributed by atoms with E-state index in [1.165, 1.54) is 56.9 Å². The van der Waals surface area contributed by atoms with Gasteiger partial charge in [0.25, 0.3) is 0 Å². The molecule has 1 fully saturated rings. The predicted octanol–water partition coefficient (Wildman–Crippen LogP) is 6.50. The van der Waals surface area contributed by atoms with Crippen LogP contribution in [0.4, 0.5) is 11.4 Å². The van der Waals surface area contributed by atoms with E-state index >= 15 is 0 Å².